The fourth-order valence-electron chi connectivity index (χ4n) is 2.50. The van der Waals surface area contributed by atoms with Gasteiger partial charge in [-0.3, -0.25) is 0 Å². The van der Waals surface area contributed by atoms with Crippen LogP contribution in [-0.2, 0) is 14.2 Å². The van der Waals surface area contributed by atoms with Gasteiger partial charge in [0, 0.05) is 6.42 Å². The summed E-state index contributed by atoms with van der Waals surface area (Å²) in [5.41, 5.74) is 0. The van der Waals surface area contributed by atoms with Gasteiger partial charge in [0.15, 0.2) is 6.29 Å². The second kappa shape index (κ2) is 7.74. The molecular formula is C11H17N3O8. The molecule has 0 aromatic heterocycles. The van der Waals surface area contributed by atoms with E-state index in [1.807, 2.05) is 0 Å². The van der Waals surface area contributed by atoms with E-state index < -0.39 is 42.8 Å². The zero-order valence-corrected chi connectivity index (χ0v) is 11.6. The molecule has 2 aliphatic heterocycles. The fraction of sp³-hybridized carbons (Fsp3) is 1.00. The molecule has 0 aromatic carbocycles. The van der Waals surface area contributed by atoms with Gasteiger partial charge in [0.05, 0.1) is 25.4 Å². The van der Waals surface area contributed by atoms with E-state index in [9.17, 15) is 24.9 Å². The van der Waals surface area contributed by atoms with E-state index >= 15 is 0 Å². The van der Waals surface area contributed by atoms with Crippen molar-refractivity contribution in [1.82, 2.24) is 0 Å². The van der Waals surface area contributed by atoms with E-state index in [2.05, 4.69) is 15.5 Å². The second-order valence-electron chi connectivity index (χ2n) is 5.21. The predicted octanol–water partition coefficient (Wildman–Crippen LogP) is -0.725. The number of rotatable bonds is 6. The zero-order valence-electron chi connectivity index (χ0n) is 11.6. The molecule has 0 bridgehead atoms. The van der Waals surface area contributed by atoms with Crippen LogP contribution in [0.5, 0.6) is 0 Å². The molecule has 0 radical (unpaired) electrons. The van der Waals surface area contributed by atoms with Crippen molar-refractivity contribution in [3.05, 3.63) is 14.7 Å². The third kappa shape index (κ3) is 3.67. The highest BCUT2D eigenvalue weighted by atomic mass is 16.7. The van der Waals surface area contributed by atoms with Crippen LogP contribution in [0.15, 0.2) is 15.5 Å². The molecule has 0 saturated carbocycles. The minimum atomic E-state index is -1.38. The van der Waals surface area contributed by atoms with Gasteiger partial charge >= 0.3 is 0 Å². The lowest BCUT2D eigenvalue weighted by Crippen LogP contribution is -2.55. The Morgan fingerprint density at radius 1 is 1.14 bits per heavy atom. The largest absolute Gasteiger partial charge is 0.390 e. The first-order valence-corrected chi connectivity index (χ1v) is 6.79. The standard InChI is InChI=1S/C11H17N3O8/c15-7-1-5(2-12-17)21-11(10(7)16)22-8-4-20-3-6(13-18)9(8)14-19/h5-11,15-16H,1-4H2/t5-,6-,7-,8+,9+,10+,11-/m1/s1. The minimum absolute atomic E-state index is 0.0296. The summed E-state index contributed by atoms with van der Waals surface area (Å²) in [6, 6.07) is -2.07. The molecule has 2 fully saturated rings. The normalized spacial score (nSPS) is 42.5. The molecule has 0 aromatic rings. The smallest absolute Gasteiger partial charge is 0.186 e. The predicted molar refractivity (Wildman–Crippen MR) is 70.8 cm³/mol. The van der Waals surface area contributed by atoms with Crippen LogP contribution in [0.1, 0.15) is 6.42 Å². The van der Waals surface area contributed by atoms with Gasteiger partial charge in [-0.2, -0.15) is 14.7 Å². The lowest BCUT2D eigenvalue weighted by atomic mass is 10.0. The molecular weight excluding hydrogens is 302 g/mol. The molecule has 124 valence electrons. The maximum Gasteiger partial charge on any atom is 0.186 e. The second-order valence-corrected chi connectivity index (χ2v) is 5.21. The van der Waals surface area contributed by atoms with Crippen molar-refractivity contribution in [2.75, 3.05) is 19.8 Å². The Balaban J connectivity index is 2.04. The maximum atomic E-state index is 10.9. The van der Waals surface area contributed by atoms with Gasteiger partial charge in [-0.1, -0.05) is 15.5 Å². The van der Waals surface area contributed by atoms with Crippen molar-refractivity contribution < 1.29 is 24.4 Å². The summed E-state index contributed by atoms with van der Waals surface area (Å²) >= 11 is 0. The Kier molecular flexibility index (Phi) is 5.97. The van der Waals surface area contributed by atoms with Crippen LogP contribution in [0, 0.1) is 14.7 Å². The van der Waals surface area contributed by atoms with Crippen molar-refractivity contribution in [1.29, 1.82) is 0 Å². The molecule has 2 N–H and O–H groups in total. The SMILES string of the molecule is O=NC[C@H]1C[C@@H](O)[C@H](O)[C@@H](O[C@H]2COC[C@@H](N=O)[C@@H]2N=O)O1. The highest BCUT2D eigenvalue weighted by Crippen LogP contribution is 2.26. The molecule has 0 unspecified atom stereocenters. The molecule has 2 rings (SSSR count). The van der Waals surface area contributed by atoms with Crippen molar-refractivity contribution in [3.8, 4) is 0 Å². The maximum absolute atomic E-state index is 10.9. The van der Waals surface area contributed by atoms with Gasteiger partial charge in [0.25, 0.3) is 0 Å². The highest BCUT2D eigenvalue weighted by molar-refractivity contribution is 4.93. The monoisotopic (exact) mass is 319 g/mol. The summed E-state index contributed by atoms with van der Waals surface area (Å²) in [7, 11) is 0. The number of hydrogen-bond acceptors (Lipinski definition) is 11. The Morgan fingerprint density at radius 2 is 1.91 bits per heavy atom. The van der Waals surface area contributed by atoms with Crippen LogP contribution in [0.25, 0.3) is 0 Å². The van der Waals surface area contributed by atoms with Crippen LogP contribution in [-0.4, -0.2) is 72.8 Å². The van der Waals surface area contributed by atoms with Crippen molar-refractivity contribution in [2.45, 2.75) is 49.2 Å². The van der Waals surface area contributed by atoms with Gasteiger partial charge in [-0.15, -0.1) is 0 Å². The van der Waals surface area contributed by atoms with Gasteiger partial charge < -0.3 is 24.4 Å². The zero-order chi connectivity index (χ0) is 16.1. The van der Waals surface area contributed by atoms with Crippen molar-refractivity contribution in [3.63, 3.8) is 0 Å². The lowest BCUT2D eigenvalue weighted by Gasteiger charge is -2.39. The van der Waals surface area contributed by atoms with Crippen LogP contribution in [0.4, 0.5) is 0 Å². The summed E-state index contributed by atoms with van der Waals surface area (Å²) in [6.07, 6.45) is -5.48. The van der Waals surface area contributed by atoms with E-state index in [0.29, 0.717) is 0 Å². The van der Waals surface area contributed by atoms with Crippen molar-refractivity contribution >= 4 is 0 Å². The average Bonchev–Trinajstić information content (AvgIpc) is 2.52. The van der Waals surface area contributed by atoms with Gasteiger partial charge in [-0.05, 0) is 0 Å². The van der Waals surface area contributed by atoms with Crippen LogP contribution >= 0.6 is 0 Å². The van der Waals surface area contributed by atoms with E-state index in [4.69, 9.17) is 14.2 Å². The summed E-state index contributed by atoms with van der Waals surface area (Å²) in [5, 5.41) is 27.9. The third-order valence-corrected chi connectivity index (χ3v) is 3.69. The number of aliphatic hydroxyl groups excluding tert-OH is 2. The summed E-state index contributed by atoms with van der Waals surface area (Å²) in [5.74, 6) is 0. The molecule has 7 atom stereocenters. The molecule has 11 nitrogen and oxygen atoms in total. The summed E-state index contributed by atoms with van der Waals surface area (Å²) < 4.78 is 15.9. The molecule has 0 amide bonds. The van der Waals surface area contributed by atoms with Gasteiger partial charge in [0.1, 0.15) is 30.8 Å². The topological polar surface area (TPSA) is 156 Å². The van der Waals surface area contributed by atoms with E-state index in [0.717, 1.165) is 0 Å². The Bertz CT molecular complexity index is 411. The molecule has 2 saturated heterocycles. The Morgan fingerprint density at radius 3 is 2.55 bits per heavy atom. The quantitative estimate of drug-likeness (QED) is 0.607. The number of ether oxygens (including phenoxy) is 3. The number of nitrogens with zero attached hydrogens (tertiary/aromatic N) is 3. The van der Waals surface area contributed by atoms with Crippen LogP contribution < -0.4 is 0 Å². The molecule has 2 aliphatic rings. The van der Waals surface area contributed by atoms with Crippen LogP contribution in [0.2, 0.25) is 0 Å². The van der Waals surface area contributed by atoms with E-state index in [-0.39, 0.29) is 26.2 Å². The molecule has 22 heavy (non-hydrogen) atoms. The number of hydrogen-bond donors (Lipinski definition) is 2. The molecule has 11 heteroatoms. The Hall–Kier alpha value is -1.40. The fourth-order valence-corrected chi connectivity index (χ4v) is 2.50. The van der Waals surface area contributed by atoms with E-state index in [1.165, 1.54) is 0 Å². The first-order chi connectivity index (χ1) is 10.6. The first kappa shape index (κ1) is 17.0. The van der Waals surface area contributed by atoms with Crippen molar-refractivity contribution in [2.24, 2.45) is 15.5 Å². The molecule has 0 aliphatic carbocycles. The first-order valence-electron chi connectivity index (χ1n) is 6.79. The van der Waals surface area contributed by atoms with Crippen LogP contribution in [0.3, 0.4) is 0 Å². The number of nitroso groups, excluding NO2 is 3. The Labute approximate surface area is 124 Å². The summed E-state index contributed by atoms with van der Waals surface area (Å²) in [4.78, 5) is 31.9. The third-order valence-electron chi connectivity index (χ3n) is 3.69. The molecule has 0 spiro atoms. The summed E-state index contributed by atoms with van der Waals surface area (Å²) in [6.45, 7) is -0.297. The highest BCUT2D eigenvalue weighted by Gasteiger charge is 2.43. The minimum Gasteiger partial charge on any atom is -0.390 e. The van der Waals surface area contributed by atoms with Gasteiger partial charge in [0.2, 0.25) is 0 Å². The average molecular weight is 319 g/mol. The van der Waals surface area contributed by atoms with Gasteiger partial charge in [-0.25, -0.2) is 0 Å². The van der Waals surface area contributed by atoms with E-state index in [1.54, 1.807) is 0 Å². The molecule has 2 heterocycles. The number of aliphatic hydroxyl groups is 2. The lowest BCUT2D eigenvalue weighted by molar-refractivity contribution is -0.288.